The van der Waals surface area contributed by atoms with Crippen molar-refractivity contribution in [1.29, 1.82) is 0 Å². The van der Waals surface area contributed by atoms with Crippen LogP contribution < -0.4 is 0 Å². The number of carbonyl (C=O) groups is 3. The Morgan fingerprint density at radius 1 is 0.273 bits per heavy atom. The largest absolute Gasteiger partial charge is 0.462 e. The Hall–Kier alpha value is -3.93. The number of esters is 3. The zero-order valence-electron chi connectivity index (χ0n) is 50.4. The van der Waals surface area contributed by atoms with Gasteiger partial charge in [0.25, 0.3) is 0 Å². The van der Waals surface area contributed by atoms with E-state index >= 15 is 0 Å². The molecule has 6 nitrogen and oxygen atoms in total. The highest BCUT2D eigenvalue weighted by atomic mass is 16.6. The molecular weight excluding hydrogens is 949 g/mol. The van der Waals surface area contributed by atoms with Gasteiger partial charge in [-0.25, -0.2) is 0 Å². The first-order valence-electron chi connectivity index (χ1n) is 32.4. The van der Waals surface area contributed by atoms with Crippen molar-refractivity contribution in [2.24, 2.45) is 0 Å². The number of ether oxygens (including phenoxy) is 3. The summed E-state index contributed by atoms with van der Waals surface area (Å²) in [5, 5.41) is 0. The van der Waals surface area contributed by atoms with Gasteiger partial charge in [0.2, 0.25) is 0 Å². The fraction of sp³-hybridized carbons (Fsp3) is 0.704. The monoisotopic (exact) mass is 1070 g/mol. The van der Waals surface area contributed by atoms with Crippen LogP contribution in [0.5, 0.6) is 0 Å². The molecule has 77 heavy (non-hydrogen) atoms. The van der Waals surface area contributed by atoms with Crippen molar-refractivity contribution in [3.8, 4) is 0 Å². The van der Waals surface area contributed by atoms with Gasteiger partial charge in [0.15, 0.2) is 6.10 Å². The topological polar surface area (TPSA) is 78.9 Å². The summed E-state index contributed by atoms with van der Waals surface area (Å²) in [6.07, 6.45) is 88.0. The molecule has 0 aromatic heterocycles. The molecule has 0 radical (unpaired) electrons. The highest BCUT2D eigenvalue weighted by Gasteiger charge is 2.19. The molecule has 0 aliphatic carbocycles. The third kappa shape index (κ3) is 62.8. The highest BCUT2D eigenvalue weighted by Crippen LogP contribution is 2.16. The van der Waals surface area contributed by atoms with E-state index in [9.17, 15) is 14.4 Å². The Bertz CT molecular complexity index is 1560. The Labute approximate surface area is 476 Å². The minimum Gasteiger partial charge on any atom is -0.462 e. The summed E-state index contributed by atoms with van der Waals surface area (Å²) in [7, 11) is 0. The molecule has 0 bridgehead atoms. The maximum Gasteiger partial charge on any atom is 0.306 e. The first-order chi connectivity index (χ1) is 38.0. The van der Waals surface area contributed by atoms with Crippen LogP contribution >= 0.6 is 0 Å². The molecule has 0 rings (SSSR count). The van der Waals surface area contributed by atoms with Crippen LogP contribution in [0.4, 0.5) is 0 Å². The van der Waals surface area contributed by atoms with Gasteiger partial charge < -0.3 is 14.2 Å². The summed E-state index contributed by atoms with van der Waals surface area (Å²) < 4.78 is 16.9. The molecule has 0 N–H and O–H groups in total. The van der Waals surface area contributed by atoms with E-state index in [1.54, 1.807) is 0 Å². The number of carbonyl (C=O) groups excluding carboxylic acids is 3. The Kier molecular flexibility index (Phi) is 61.3. The predicted molar refractivity (Wildman–Crippen MR) is 334 cm³/mol. The molecule has 0 heterocycles. The first kappa shape index (κ1) is 73.1. The van der Waals surface area contributed by atoms with Crippen molar-refractivity contribution in [2.75, 3.05) is 13.2 Å². The lowest BCUT2D eigenvalue weighted by Crippen LogP contribution is -2.30. The minimum atomic E-state index is -0.790. The molecule has 6 heteroatoms. The fourth-order valence-corrected chi connectivity index (χ4v) is 8.99. The van der Waals surface area contributed by atoms with Crippen LogP contribution in [0.1, 0.15) is 303 Å². The molecule has 0 saturated carbocycles. The zero-order chi connectivity index (χ0) is 55.7. The standard InChI is InChI=1S/C71H120O6/c1-4-7-10-13-16-19-22-25-27-29-31-33-34-35-36-38-39-41-43-46-49-52-55-58-61-64-70(73)76-67-68(66-75-69(72)63-60-57-54-51-48-45-24-21-18-15-12-9-6-3)77-71(74)65-62-59-56-53-50-47-44-42-40-37-32-30-28-26-23-20-17-14-11-8-5-2/h7-8,10-11,16-17,19-20,25-28,31-33,37,42,44,68H,4-6,9,12-15,18,21-24,29-30,34-36,38-41,43,45-67H2,1-3H3/b10-7-,11-8-,19-16-,20-17-,27-25-,28-26-,33-31-,37-32-,44-42-. The average molecular weight is 1070 g/mol. The van der Waals surface area contributed by atoms with Crippen LogP contribution in [0.3, 0.4) is 0 Å². The number of unbranched alkanes of at least 4 members (excludes halogenated alkanes) is 29. The number of allylic oxidation sites excluding steroid dienone is 18. The van der Waals surface area contributed by atoms with Crippen LogP contribution in [0.25, 0.3) is 0 Å². The van der Waals surface area contributed by atoms with Gasteiger partial charge in [0.05, 0.1) is 0 Å². The Morgan fingerprint density at radius 2 is 0.506 bits per heavy atom. The lowest BCUT2D eigenvalue weighted by atomic mass is 10.0. The van der Waals surface area contributed by atoms with Crippen molar-refractivity contribution >= 4 is 17.9 Å². The molecule has 0 fully saturated rings. The van der Waals surface area contributed by atoms with Gasteiger partial charge in [-0.15, -0.1) is 0 Å². The Morgan fingerprint density at radius 3 is 0.792 bits per heavy atom. The summed E-state index contributed by atoms with van der Waals surface area (Å²) in [5.74, 6) is -0.896. The van der Waals surface area contributed by atoms with E-state index in [0.29, 0.717) is 19.3 Å². The Balaban J connectivity index is 4.35. The SMILES string of the molecule is CC/C=C\C/C=C\C/C=C\C/C=C\C/C=C\CCCCCCCC(=O)OC(COC(=O)CCCCCCCCCCCCCCC)COC(=O)CCCCCCCCCCCCCC/C=C\C/C=C\C/C=C\C/C=C\CC. The van der Waals surface area contributed by atoms with E-state index in [-0.39, 0.29) is 31.1 Å². The molecule has 0 amide bonds. The summed E-state index contributed by atoms with van der Waals surface area (Å²) in [5.41, 5.74) is 0. The van der Waals surface area contributed by atoms with Crippen molar-refractivity contribution < 1.29 is 28.6 Å². The highest BCUT2D eigenvalue weighted by molar-refractivity contribution is 5.71. The summed E-state index contributed by atoms with van der Waals surface area (Å²) in [4.78, 5) is 38.3. The molecular formula is C71H120O6. The maximum atomic E-state index is 12.9. The molecule has 1 atom stereocenters. The number of rotatable bonds is 58. The van der Waals surface area contributed by atoms with Gasteiger partial charge in [0.1, 0.15) is 13.2 Å². The van der Waals surface area contributed by atoms with E-state index < -0.39 is 6.10 Å². The van der Waals surface area contributed by atoms with Crippen LogP contribution in [-0.4, -0.2) is 37.2 Å². The number of hydrogen-bond donors (Lipinski definition) is 0. The molecule has 0 aliphatic heterocycles. The zero-order valence-corrected chi connectivity index (χ0v) is 50.4. The molecule has 0 aromatic carbocycles. The molecule has 0 aromatic rings. The van der Waals surface area contributed by atoms with E-state index in [1.807, 2.05) is 0 Å². The van der Waals surface area contributed by atoms with E-state index in [1.165, 1.54) is 128 Å². The van der Waals surface area contributed by atoms with Crippen molar-refractivity contribution in [3.05, 3.63) is 109 Å². The fourth-order valence-electron chi connectivity index (χ4n) is 8.99. The van der Waals surface area contributed by atoms with E-state index in [4.69, 9.17) is 14.2 Å². The molecule has 440 valence electrons. The second kappa shape index (κ2) is 64.6. The molecule has 0 saturated heterocycles. The smallest absolute Gasteiger partial charge is 0.306 e. The van der Waals surface area contributed by atoms with Crippen LogP contribution in [0.15, 0.2) is 109 Å². The third-order valence-electron chi connectivity index (χ3n) is 13.8. The second-order valence-corrected chi connectivity index (χ2v) is 21.3. The van der Waals surface area contributed by atoms with Gasteiger partial charge >= 0.3 is 17.9 Å². The molecule has 0 spiro atoms. The summed E-state index contributed by atoms with van der Waals surface area (Å²) in [6.45, 7) is 6.42. The second-order valence-electron chi connectivity index (χ2n) is 21.3. The van der Waals surface area contributed by atoms with Crippen LogP contribution in [-0.2, 0) is 28.6 Å². The quantitative estimate of drug-likeness (QED) is 0.0261. The minimum absolute atomic E-state index is 0.0845. The lowest BCUT2D eigenvalue weighted by Gasteiger charge is -2.18. The van der Waals surface area contributed by atoms with Gasteiger partial charge in [0, 0.05) is 19.3 Å². The summed E-state index contributed by atoms with van der Waals surface area (Å²) in [6, 6.07) is 0. The number of hydrogen-bond acceptors (Lipinski definition) is 6. The van der Waals surface area contributed by atoms with Crippen molar-refractivity contribution in [2.45, 2.75) is 309 Å². The van der Waals surface area contributed by atoms with Crippen molar-refractivity contribution in [3.63, 3.8) is 0 Å². The van der Waals surface area contributed by atoms with E-state index in [2.05, 4.69) is 130 Å². The van der Waals surface area contributed by atoms with Gasteiger partial charge in [-0.05, 0) is 103 Å². The maximum absolute atomic E-state index is 12.9. The summed E-state index contributed by atoms with van der Waals surface area (Å²) >= 11 is 0. The predicted octanol–water partition coefficient (Wildman–Crippen LogP) is 22.2. The normalized spacial score (nSPS) is 12.8. The van der Waals surface area contributed by atoms with E-state index in [0.717, 1.165) is 135 Å². The molecule has 0 aliphatic rings. The average Bonchev–Trinajstić information content (AvgIpc) is 3.43. The van der Waals surface area contributed by atoms with Gasteiger partial charge in [-0.2, -0.15) is 0 Å². The third-order valence-corrected chi connectivity index (χ3v) is 13.8. The first-order valence-corrected chi connectivity index (χ1v) is 32.4. The lowest BCUT2D eigenvalue weighted by molar-refractivity contribution is -0.167. The van der Waals surface area contributed by atoms with Crippen LogP contribution in [0, 0.1) is 0 Å². The van der Waals surface area contributed by atoms with Crippen LogP contribution in [0.2, 0.25) is 0 Å². The van der Waals surface area contributed by atoms with Crippen molar-refractivity contribution in [1.82, 2.24) is 0 Å². The van der Waals surface area contributed by atoms with Gasteiger partial charge in [-0.1, -0.05) is 291 Å². The molecule has 1 unspecified atom stereocenters. The van der Waals surface area contributed by atoms with Gasteiger partial charge in [-0.3, -0.25) is 14.4 Å².